The molecular weight excluding hydrogens is 485 g/mol. The molecule has 2 rings (SSSR count). The van der Waals surface area contributed by atoms with Crippen molar-refractivity contribution in [1.82, 2.24) is 9.55 Å². The molecule has 0 saturated carbocycles. The van der Waals surface area contributed by atoms with Crippen molar-refractivity contribution in [3.63, 3.8) is 0 Å². The quantitative estimate of drug-likeness (QED) is 0.359. The number of alkyl halides is 2. The number of nitrogens with two attached hydrogens (primary N) is 1. The van der Waals surface area contributed by atoms with Gasteiger partial charge in [-0.1, -0.05) is 0 Å². The van der Waals surface area contributed by atoms with Crippen molar-refractivity contribution in [2.45, 2.75) is 24.4 Å². The van der Waals surface area contributed by atoms with Gasteiger partial charge < -0.3 is 33.1 Å². The van der Waals surface area contributed by atoms with Crippen LogP contribution < -0.4 is 23.8 Å². The summed E-state index contributed by atoms with van der Waals surface area (Å²) in [4.78, 5) is 14.7. The molecule has 119 valence electrons. The third kappa shape index (κ3) is 3.19. The average molecular weight is 497 g/mol. The van der Waals surface area contributed by atoms with Gasteiger partial charge in [0, 0.05) is 28.6 Å². The number of hydrogen-bond donors (Lipinski definition) is 3. The summed E-state index contributed by atoms with van der Waals surface area (Å²) in [7, 11) is 0. The smallest absolute Gasteiger partial charge is 1.00 e. The van der Waals surface area contributed by atoms with E-state index in [1.54, 1.807) is 0 Å². The zero-order chi connectivity index (χ0) is 13.5. The molecule has 20 heavy (non-hydrogen) atoms. The maximum atomic E-state index is 13.7. The molecule has 1 aromatic heterocycles. The second-order valence-corrected chi connectivity index (χ2v) is 3.87. The second kappa shape index (κ2) is 6.94. The number of ether oxygens (including phenoxy) is 1. The fraction of sp³-hybridized carbons (Fsp3) is 0.556. The summed E-state index contributed by atoms with van der Waals surface area (Å²) in [5, 5.41) is 18.1. The molecule has 2 heterocycles. The van der Waals surface area contributed by atoms with Gasteiger partial charge in [0.2, 0.25) is 6.23 Å². The zero-order valence-electron chi connectivity index (χ0n) is 10.7. The van der Waals surface area contributed by atoms with Crippen molar-refractivity contribution < 1.29 is 59.9 Å². The summed E-state index contributed by atoms with van der Waals surface area (Å²) in [6.45, 7) is -0.787. The van der Waals surface area contributed by atoms with Gasteiger partial charge in [0.15, 0.2) is 6.10 Å². The van der Waals surface area contributed by atoms with Crippen LogP contribution in [-0.2, 0) is 27.1 Å². The number of aliphatic hydroxyl groups excluding tert-OH is 2. The van der Waals surface area contributed by atoms with Crippen molar-refractivity contribution in [3.05, 3.63) is 22.7 Å². The van der Waals surface area contributed by atoms with Gasteiger partial charge in [-0.3, -0.25) is 4.57 Å². The first-order valence-electron chi connectivity index (χ1n) is 5.04. The van der Waals surface area contributed by atoms with E-state index in [0.29, 0.717) is 4.57 Å². The molecular formula is C9H12AuClF2N3O4. The Hall–Kier alpha value is -0.550. The minimum absolute atomic E-state index is 0. The molecule has 1 aliphatic rings. The number of rotatable bonds is 2. The molecule has 0 unspecified atom stereocenters. The summed E-state index contributed by atoms with van der Waals surface area (Å²) in [6, 6.07) is 1.15. The van der Waals surface area contributed by atoms with Crippen LogP contribution in [0.4, 0.5) is 14.6 Å². The molecule has 0 spiro atoms. The number of halogens is 3. The van der Waals surface area contributed by atoms with Crippen molar-refractivity contribution in [2.75, 3.05) is 12.3 Å². The molecule has 0 aromatic carbocycles. The number of aliphatic hydroxyl groups is 2. The van der Waals surface area contributed by atoms with Crippen LogP contribution in [0.3, 0.4) is 0 Å². The molecule has 1 radical (unpaired) electrons. The molecule has 1 aromatic rings. The van der Waals surface area contributed by atoms with E-state index in [9.17, 15) is 18.7 Å². The minimum atomic E-state index is -3.71. The third-order valence-electron chi connectivity index (χ3n) is 2.66. The Morgan fingerprint density at radius 3 is 2.65 bits per heavy atom. The van der Waals surface area contributed by atoms with Crippen LogP contribution in [0.5, 0.6) is 0 Å². The van der Waals surface area contributed by atoms with Crippen LogP contribution in [0, 0.1) is 0 Å². The first-order valence-corrected chi connectivity index (χ1v) is 5.04. The average Bonchev–Trinajstić information content (AvgIpc) is 2.52. The van der Waals surface area contributed by atoms with E-state index in [2.05, 4.69) is 4.98 Å². The number of anilines is 1. The first-order chi connectivity index (χ1) is 8.37. The van der Waals surface area contributed by atoms with Gasteiger partial charge in [-0.25, -0.2) is 4.79 Å². The van der Waals surface area contributed by atoms with Crippen molar-refractivity contribution in [2.24, 2.45) is 0 Å². The molecule has 4 N–H and O–H groups in total. The Morgan fingerprint density at radius 2 is 2.20 bits per heavy atom. The molecule has 7 nitrogen and oxygen atoms in total. The van der Waals surface area contributed by atoms with Gasteiger partial charge in [0.1, 0.15) is 11.9 Å². The summed E-state index contributed by atoms with van der Waals surface area (Å²) >= 11 is 0. The van der Waals surface area contributed by atoms with E-state index in [-0.39, 0.29) is 42.0 Å². The van der Waals surface area contributed by atoms with E-state index in [1.807, 2.05) is 0 Å². The number of nitrogens with zero attached hydrogens (tertiary/aromatic N) is 2. The maximum Gasteiger partial charge on any atom is 1.00 e. The Balaban J connectivity index is 0. The van der Waals surface area contributed by atoms with Crippen LogP contribution in [-0.4, -0.2) is 44.5 Å². The normalized spacial score (nSPS) is 27.5. The van der Waals surface area contributed by atoms with Crippen LogP contribution in [0.1, 0.15) is 7.65 Å². The molecule has 1 aliphatic heterocycles. The van der Waals surface area contributed by atoms with Gasteiger partial charge in [-0.15, -0.1) is 0 Å². The fourth-order valence-corrected chi connectivity index (χ4v) is 1.72. The predicted octanol–water partition coefficient (Wildman–Crippen LogP) is -4.17. The molecule has 0 amide bonds. The Bertz CT molecular complexity index is 524. The largest absolute Gasteiger partial charge is 1.00 e. The molecule has 0 bridgehead atoms. The van der Waals surface area contributed by atoms with Gasteiger partial charge in [0.25, 0.3) is 0 Å². The van der Waals surface area contributed by atoms with E-state index in [4.69, 9.17) is 15.6 Å². The third-order valence-corrected chi connectivity index (χ3v) is 2.66. The monoisotopic (exact) mass is 496 g/mol. The van der Waals surface area contributed by atoms with Gasteiger partial charge in [0.05, 0.1) is 6.61 Å². The number of nitrogen functional groups attached to an aromatic ring is 1. The summed E-state index contributed by atoms with van der Waals surface area (Å²) < 4.78 is 32.7. The fourth-order valence-electron chi connectivity index (χ4n) is 1.72. The maximum absolute atomic E-state index is 13.7. The molecule has 11 heteroatoms. The Morgan fingerprint density at radius 1 is 1.60 bits per heavy atom. The van der Waals surface area contributed by atoms with Gasteiger partial charge in [-0.2, -0.15) is 13.8 Å². The van der Waals surface area contributed by atoms with Crippen molar-refractivity contribution >= 4 is 5.82 Å². The van der Waals surface area contributed by atoms with Crippen LogP contribution in [0.2, 0.25) is 0 Å². The van der Waals surface area contributed by atoms with Crippen LogP contribution >= 0.6 is 0 Å². The van der Waals surface area contributed by atoms with E-state index >= 15 is 0 Å². The van der Waals surface area contributed by atoms with E-state index in [0.717, 1.165) is 12.3 Å². The molecule has 1 saturated heterocycles. The van der Waals surface area contributed by atoms with Gasteiger partial charge in [-0.05, 0) is 6.07 Å². The molecule has 1 fully saturated rings. The van der Waals surface area contributed by atoms with Crippen LogP contribution in [0.15, 0.2) is 17.1 Å². The first kappa shape index (κ1) is 19.5. The topological polar surface area (TPSA) is 111 Å². The second-order valence-electron chi connectivity index (χ2n) is 3.87. The van der Waals surface area contributed by atoms with Crippen molar-refractivity contribution in [3.8, 4) is 0 Å². The predicted molar refractivity (Wildman–Crippen MR) is 56.0 cm³/mol. The molecule has 0 aliphatic carbocycles. The van der Waals surface area contributed by atoms with Crippen LogP contribution in [0.25, 0.3) is 0 Å². The number of hydrogen-bond acceptors (Lipinski definition) is 6. The van der Waals surface area contributed by atoms with Crippen molar-refractivity contribution in [1.29, 1.82) is 0 Å². The Labute approximate surface area is 135 Å². The zero-order valence-corrected chi connectivity index (χ0v) is 12.6. The molecule has 3 atom stereocenters. The summed E-state index contributed by atoms with van der Waals surface area (Å²) in [6.07, 6.45) is -4.69. The summed E-state index contributed by atoms with van der Waals surface area (Å²) in [5.74, 6) is -3.83. The van der Waals surface area contributed by atoms with E-state index in [1.165, 1.54) is 0 Å². The minimum Gasteiger partial charge on any atom is -1.00 e. The van der Waals surface area contributed by atoms with Gasteiger partial charge >= 0.3 is 13.0 Å². The standard InChI is InChI=1S/C9H11F2N3O4.Au.ClH/c10-9(11)6(16)4(3-15)18-7(9)14-2-1-5(12)13-8(14)17;;/h1-2,4,6-7,15-16H,3H2,(H2,12,13,17);;1H/t4-,6-,7-;;/m1../s1. The summed E-state index contributed by atoms with van der Waals surface area (Å²) in [5.41, 5.74) is 4.21. The Kier molecular flexibility index (Phi) is 6.75. The number of aromatic nitrogens is 2. The SMILES string of the molecule is Nc1ccn([C@@H]2O[C@H](CO)[C@@H](O)C2(F)F)c(=O)n1.[Au].[Cl-].[H+]. The van der Waals surface area contributed by atoms with E-state index < -0.39 is 36.7 Å².